The highest BCUT2D eigenvalue weighted by atomic mass is 32.1. The molecule has 0 N–H and O–H groups in total. The average molecular weight is 223 g/mol. The van der Waals surface area contributed by atoms with E-state index in [4.69, 9.17) is 4.98 Å². The fourth-order valence-corrected chi connectivity index (χ4v) is 3.55. The van der Waals surface area contributed by atoms with Gasteiger partial charge >= 0.3 is 0 Å². The molecule has 1 heterocycles. The van der Waals surface area contributed by atoms with Gasteiger partial charge in [0.1, 0.15) is 0 Å². The van der Waals surface area contributed by atoms with E-state index in [1.54, 1.807) is 0 Å². The molecule has 0 aromatic carbocycles. The molecule has 1 fully saturated rings. The van der Waals surface area contributed by atoms with Gasteiger partial charge in [0.05, 0.1) is 10.7 Å². The molecule has 0 saturated heterocycles. The number of rotatable bonds is 3. The summed E-state index contributed by atoms with van der Waals surface area (Å²) in [4.78, 5) is 4.78. The minimum absolute atomic E-state index is 0.582. The van der Waals surface area contributed by atoms with E-state index in [-0.39, 0.29) is 0 Å². The Morgan fingerprint density at radius 3 is 2.80 bits per heavy atom. The summed E-state index contributed by atoms with van der Waals surface area (Å²) < 4.78 is 0. The molecule has 0 aliphatic heterocycles. The summed E-state index contributed by atoms with van der Waals surface area (Å²) in [5, 5.41) is 3.65. The summed E-state index contributed by atoms with van der Waals surface area (Å²) in [7, 11) is 0. The van der Waals surface area contributed by atoms with Gasteiger partial charge in [-0.15, -0.1) is 11.3 Å². The lowest BCUT2D eigenvalue weighted by Gasteiger charge is -2.06. The van der Waals surface area contributed by atoms with E-state index < -0.39 is 0 Å². The van der Waals surface area contributed by atoms with Crippen molar-refractivity contribution in [2.45, 2.75) is 58.3 Å². The van der Waals surface area contributed by atoms with Crippen LogP contribution in [0.1, 0.15) is 69.0 Å². The van der Waals surface area contributed by atoms with Crippen LogP contribution in [0.2, 0.25) is 0 Å². The van der Waals surface area contributed by atoms with Crippen molar-refractivity contribution in [1.82, 2.24) is 4.98 Å². The summed E-state index contributed by atoms with van der Waals surface area (Å²) in [6.45, 7) is 6.76. The summed E-state index contributed by atoms with van der Waals surface area (Å²) in [6, 6.07) is 0. The second kappa shape index (κ2) is 4.65. The Morgan fingerprint density at radius 2 is 2.27 bits per heavy atom. The van der Waals surface area contributed by atoms with Crippen molar-refractivity contribution in [2.24, 2.45) is 5.92 Å². The first-order valence-corrected chi connectivity index (χ1v) is 7.04. The molecule has 0 spiro atoms. The molecule has 84 valence electrons. The van der Waals surface area contributed by atoms with Crippen molar-refractivity contribution in [1.29, 1.82) is 0 Å². The maximum atomic E-state index is 4.78. The molecule has 2 unspecified atom stereocenters. The van der Waals surface area contributed by atoms with E-state index in [9.17, 15) is 0 Å². The fourth-order valence-electron chi connectivity index (χ4n) is 2.42. The summed E-state index contributed by atoms with van der Waals surface area (Å²) in [5.41, 5.74) is 1.29. The highest BCUT2D eigenvalue weighted by Crippen LogP contribution is 2.41. The Labute approximate surface area is 96.9 Å². The molecule has 1 nitrogen and oxygen atoms in total. The van der Waals surface area contributed by atoms with E-state index in [1.165, 1.54) is 36.4 Å². The van der Waals surface area contributed by atoms with Crippen LogP contribution in [0.3, 0.4) is 0 Å². The Morgan fingerprint density at radius 1 is 1.47 bits per heavy atom. The van der Waals surface area contributed by atoms with Crippen LogP contribution in [0, 0.1) is 5.92 Å². The first-order chi connectivity index (χ1) is 7.20. The zero-order chi connectivity index (χ0) is 10.8. The Bertz CT molecular complexity index is 316. The van der Waals surface area contributed by atoms with Gasteiger partial charge < -0.3 is 0 Å². The molecular weight excluding hydrogens is 202 g/mol. The normalized spacial score (nSPS) is 26.4. The Kier molecular flexibility index (Phi) is 3.45. The molecule has 1 aromatic heterocycles. The molecule has 1 aromatic rings. The van der Waals surface area contributed by atoms with Crippen molar-refractivity contribution < 1.29 is 0 Å². The molecule has 1 aliphatic rings. The monoisotopic (exact) mass is 223 g/mol. The van der Waals surface area contributed by atoms with E-state index in [0.717, 1.165) is 11.8 Å². The van der Waals surface area contributed by atoms with E-state index in [0.29, 0.717) is 5.92 Å². The standard InChI is InChI=1S/C13H21NS/c1-4-10-5-6-11(7-10)13-14-12(8-15-13)9(2)3/h8-11H,4-7H2,1-3H3. The van der Waals surface area contributed by atoms with E-state index in [1.807, 2.05) is 11.3 Å². The van der Waals surface area contributed by atoms with Crippen molar-refractivity contribution in [3.63, 3.8) is 0 Å². The number of nitrogens with zero attached hydrogens (tertiary/aromatic N) is 1. The first-order valence-electron chi connectivity index (χ1n) is 6.16. The number of aromatic nitrogens is 1. The van der Waals surface area contributed by atoms with Gasteiger partial charge in [0.25, 0.3) is 0 Å². The topological polar surface area (TPSA) is 12.9 Å². The third kappa shape index (κ3) is 2.41. The highest BCUT2D eigenvalue weighted by Gasteiger charge is 2.26. The largest absolute Gasteiger partial charge is 0.246 e. The first kappa shape index (κ1) is 11.1. The van der Waals surface area contributed by atoms with Crippen LogP contribution in [0.15, 0.2) is 5.38 Å². The summed E-state index contributed by atoms with van der Waals surface area (Å²) in [5.74, 6) is 2.31. The lowest BCUT2D eigenvalue weighted by molar-refractivity contribution is 0.520. The van der Waals surface area contributed by atoms with Gasteiger partial charge in [0.2, 0.25) is 0 Å². The smallest absolute Gasteiger partial charge is 0.0959 e. The summed E-state index contributed by atoms with van der Waals surface area (Å²) >= 11 is 1.88. The molecule has 2 atom stereocenters. The highest BCUT2D eigenvalue weighted by molar-refractivity contribution is 7.09. The molecule has 1 saturated carbocycles. The number of thiazole rings is 1. The number of hydrogen-bond donors (Lipinski definition) is 0. The quantitative estimate of drug-likeness (QED) is 0.732. The van der Waals surface area contributed by atoms with Crippen LogP contribution < -0.4 is 0 Å². The fraction of sp³-hybridized carbons (Fsp3) is 0.769. The molecule has 0 bridgehead atoms. The van der Waals surface area contributed by atoms with Crippen molar-refractivity contribution >= 4 is 11.3 Å². The van der Waals surface area contributed by atoms with Crippen molar-refractivity contribution in [3.8, 4) is 0 Å². The Hall–Kier alpha value is -0.370. The zero-order valence-corrected chi connectivity index (χ0v) is 10.8. The van der Waals surface area contributed by atoms with Gasteiger partial charge in [0.15, 0.2) is 0 Å². The van der Waals surface area contributed by atoms with Gasteiger partial charge in [-0.3, -0.25) is 0 Å². The van der Waals surface area contributed by atoms with Crippen molar-refractivity contribution in [2.75, 3.05) is 0 Å². The van der Waals surface area contributed by atoms with E-state index >= 15 is 0 Å². The minimum Gasteiger partial charge on any atom is -0.246 e. The maximum Gasteiger partial charge on any atom is 0.0959 e. The van der Waals surface area contributed by atoms with Gasteiger partial charge in [0, 0.05) is 11.3 Å². The molecular formula is C13H21NS. The second-order valence-electron chi connectivity index (χ2n) is 5.05. The van der Waals surface area contributed by atoms with Crippen LogP contribution >= 0.6 is 11.3 Å². The van der Waals surface area contributed by atoms with Crippen LogP contribution in [0.5, 0.6) is 0 Å². The van der Waals surface area contributed by atoms with Crippen LogP contribution in [0.4, 0.5) is 0 Å². The van der Waals surface area contributed by atoms with Crippen LogP contribution in [-0.4, -0.2) is 4.98 Å². The summed E-state index contributed by atoms with van der Waals surface area (Å²) in [6.07, 6.45) is 5.50. The van der Waals surface area contributed by atoms with Gasteiger partial charge in [-0.1, -0.05) is 27.2 Å². The third-order valence-electron chi connectivity index (χ3n) is 3.60. The third-order valence-corrected chi connectivity index (χ3v) is 4.62. The molecule has 0 radical (unpaired) electrons. The molecule has 1 aliphatic carbocycles. The van der Waals surface area contributed by atoms with Gasteiger partial charge in [-0.05, 0) is 31.1 Å². The molecule has 2 rings (SSSR count). The van der Waals surface area contributed by atoms with Gasteiger partial charge in [-0.2, -0.15) is 0 Å². The number of hydrogen-bond acceptors (Lipinski definition) is 2. The average Bonchev–Trinajstić information content (AvgIpc) is 2.86. The molecule has 15 heavy (non-hydrogen) atoms. The molecule has 0 amide bonds. The van der Waals surface area contributed by atoms with Crippen LogP contribution in [0.25, 0.3) is 0 Å². The maximum absolute atomic E-state index is 4.78. The predicted molar refractivity (Wildman–Crippen MR) is 66.6 cm³/mol. The van der Waals surface area contributed by atoms with E-state index in [2.05, 4.69) is 26.2 Å². The van der Waals surface area contributed by atoms with Crippen LogP contribution in [-0.2, 0) is 0 Å². The Balaban J connectivity index is 2.04. The minimum atomic E-state index is 0.582. The lowest BCUT2D eigenvalue weighted by Crippen LogP contribution is -1.95. The lowest BCUT2D eigenvalue weighted by atomic mass is 10.0. The second-order valence-corrected chi connectivity index (χ2v) is 5.94. The van der Waals surface area contributed by atoms with Crippen molar-refractivity contribution in [3.05, 3.63) is 16.1 Å². The zero-order valence-electron chi connectivity index (χ0n) is 9.99. The predicted octanol–water partition coefficient (Wildman–Crippen LogP) is 4.56. The van der Waals surface area contributed by atoms with Gasteiger partial charge in [-0.25, -0.2) is 4.98 Å². The SMILES string of the molecule is CCC1CCC(c2nc(C(C)C)cs2)C1. The molecule has 2 heteroatoms.